The summed E-state index contributed by atoms with van der Waals surface area (Å²) >= 11 is 8.79. The van der Waals surface area contributed by atoms with Crippen LogP contribution in [0.4, 0.5) is 0 Å². The van der Waals surface area contributed by atoms with Crippen molar-refractivity contribution in [3.05, 3.63) is 43.7 Å². The number of thiophene rings is 2. The SMILES string of the molecule is O=C([C@H](Cc1cccs1)N1CC[C@H](NS(=O)(=O)CCc2ccc(Cl)s2)C1=O)N1CCOCC1. The van der Waals surface area contributed by atoms with Crippen LogP contribution in [0, 0.1) is 0 Å². The van der Waals surface area contributed by atoms with E-state index >= 15 is 0 Å². The second-order valence-electron chi connectivity index (χ2n) is 8.00. The number of halogens is 1. The molecule has 0 spiro atoms. The van der Waals surface area contributed by atoms with Crippen molar-refractivity contribution in [1.82, 2.24) is 14.5 Å². The number of amides is 2. The fourth-order valence-corrected chi connectivity index (χ4v) is 7.28. The van der Waals surface area contributed by atoms with Crippen molar-refractivity contribution in [2.24, 2.45) is 0 Å². The summed E-state index contributed by atoms with van der Waals surface area (Å²) in [7, 11) is -3.67. The van der Waals surface area contributed by atoms with Gasteiger partial charge in [-0.2, -0.15) is 0 Å². The highest BCUT2D eigenvalue weighted by Gasteiger charge is 2.42. The minimum atomic E-state index is -3.67. The molecule has 2 fully saturated rings. The number of rotatable bonds is 9. The summed E-state index contributed by atoms with van der Waals surface area (Å²) in [6, 6.07) is 5.89. The fourth-order valence-electron chi connectivity index (χ4n) is 4.06. The number of sulfonamides is 1. The molecule has 2 aliphatic heterocycles. The molecule has 2 atom stereocenters. The Balaban J connectivity index is 1.42. The molecule has 2 saturated heterocycles. The summed E-state index contributed by atoms with van der Waals surface area (Å²) in [5, 5.41) is 1.94. The van der Waals surface area contributed by atoms with Gasteiger partial charge < -0.3 is 14.5 Å². The van der Waals surface area contributed by atoms with E-state index in [0.717, 1.165) is 9.75 Å². The first-order valence-corrected chi connectivity index (χ1v) is 14.5. The molecule has 12 heteroatoms. The molecular formula is C21H26ClN3O5S3. The molecule has 8 nitrogen and oxygen atoms in total. The van der Waals surface area contributed by atoms with Gasteiger partial charge in [-0.1, -0.05) is 17.7 Å². The molecule has 2 aromatic rings. The molecule has 2 amide bonds. The van der Waals surface area contributed by atoms with Crippen molar-refractivity contribution in [1.29, 1.82) is 0 Å². The van der Waals surface area contributed by atoms with Crippen LogP contribution < -0.4 is 4.72 Å². The molecule has 2 aromatic heterocycles. The molecule has 33 heavy (non-hydrogen) atoms. The first-order valence-electron chi connectivity index (χ1n) is 10.8. The van der Waals surface area contributed by atoms with E-state index in [1.54, 1.807) is 21.9 Å². The van der Waals surface area contributed by atoms with E-state index in [1.165, 1.54) is 22.7 Å². The molecule has 4 rings (SSSR count). The van der Waals surface area contributed by atoms with Gasteiger partial charge >= 0.3 is 0 Å². The van der Waals surface area contributed by atoms with Crippen LogP contribution in [0.1, 0.15) is 16.2 Å². The lowest BCUT2D eigenvalue weighted by Gasteiger charge is -2.34. The maximum Gasteiger partial charge on any atom is 0.245 e. The number of morpholine rings is 1. The zero-order valence-electron chi connectivity index (χ0n) is 17.9. The van der Waals surface area contributed by atoms with E-state index in [-0.39, 0.29) is 17.6 Å². The van der Waals surface area contributed by atoms with Crippen LogP contribution in [0.3, 0.4) is 0 Å². The third kappa shape index (κ3) is 6.34. The van der Waals surface area contributed by atoms with Crippen molar-refractivity contribution in [3.8, 4) is 0 Å². The first kappa shape index (κ1) is 24.6. The molecule has 0 radical (unpaired) electrons. The smallest absolute Gasteiger partial charge is 0.245 e. The Labute approximate surface area is 206 Å². The van der Waals surface area contributed by atoms with Crippen molar-refractivity contribution in [3.63, 3.8) is 0 Å². The van der Waals surface area contributed by atoms with Crippen LogP contribution in [0.5, 0.6) is 0 Å². The zero-order chi connectivity index (χ0) is 23.4. The number of hydrogen-bond donors (Lipinski definition) is 1. The molecule has 0 aliphatic carbocycles. The van der Waals surface area contributed by atoms with Crippen LogP contribution in [-0.4, -0.2) is 80.7 Å². The molecule has 4 heterocycles. The topological polar surface area (TPSA) is 96.0 Å². The van der Waals surface area contributed by atoms with Crippen LogP contribution >= 0.6 is 34.3 Å². The summed E-state index contributed by atoms with van der Waals surface area (Å²) in [6.07, 6.45) is 1.08. The summed E-state index contributed by atoms with van der Waals surface area (Å²) in [5.41, 5.74) is 0. The molecule has 0 unspecified atom stereocenters. The summed E-state index contributed by atoms with van der Waals surface area (Å²) in [5.74, 6) is -0.585. The van der Waals surface area contributed by atoms with Gasteiger partial charge in [-0.15, -0.1) is 22.7 Å². The first-order chi connectivity index (χ1) is 15.8. The van der Waals surface area contributed by atoms with E-state index in [2.05, 4.69) is 4.72 Å². The van der Waals surface area contributed by atoms with Gasteiger partial charge in [0.2, 0.25) is 21.8 Å². The van der Waals surface area contributed by atoms with Gasteiger partial charge in [0, 0.05) is 35.8 Å². The number of ether oxygens (including phenoxy) is 1. The Hall–Kier alpha value is -1.50. The third-order valence-corrected chi connectivity index (χ3v) is 9.34. The number of likely N-dealkylation sites (tertiary alicyclic amines) is 1. The monoisotopic (exact) mass is 531 g/mol. The maximum absolute atomic E-state index is 13.3. The van der Waals surface area contributed by atoms with E-state index < -0.39 is 22.1 Å². The lowest BCUT2D eigenvalue weighted by atomic mass is 10.1. The standard InChI is InChI=1S/C21H26ClN3O5S3/c22-19-4-3-15(32-19)6-13-33(28,29)23-17-5-7-25(20(17)26)18(14-16-2-1-12-31-16)21(27)24-8-10-30-11-9-24/h1-4,12,17-18,23H,5-11,13-14H2/t17-,18-/m0/s1. The Bertz CT molecular complexity index is 1070. The highest BCUT2D eigenvalue weighted by Crippen LogP contribution is 2.24. The van der Waals surface area contributed by atoms with E-state index in [4.69, 9.17) is 16.3 Å². The number of nitrogens with one attached hydrogen (secondary N) is 1. The van der Waals surface area contributed by atoms with Gasteiger partial charge in [0.25, 0.3) is 0 Å². The molecule has 0 aromatic carbocycles. The van der Waals surface area contributed by atoms with Gasteiger partial charge in [-0.05, 0) is 36.4 Å². The molecule has 2 aliphatic rings. The van der Waals surface area contributed by atoms with Gasteiger partial charge in [0.05, 0.1) is 23.3 Å². The average Bonchev–Trinajstić information content (AvgIpc) is 3.54. The van der Waals surface area contributed by atoms with Crippen LogP contribution in [0.25, 0.3) is 0 Å². The summed E-state index contributed by atoms with van der Waals surface area (Å²) in [6.45, 7) is 2.26. The Kier molecular flexibility index (Phi) is 8.08. The van der Waals surface area contributed by atoms with Crippen molar-refractivity contribution in [2.75, 3.05) is 38.6 Å². The Morgan fingerprint density at radius 2 is 2.00 bits per heavy atom. The lowest BCUT2D eigenvalue weighted by Crippen LogP contribution is -2.54. The largest absolute Gasteiger partial charge is 0.378 e. The van der Waals surface area contributed by atoms with Crippen LogP contribution in [0.2, 0.25) is 4.34 Å². The normalized spacial score (nSPS) is 20.4. The number of carbonyl (C=O) groups excluding carboxylic acids is 2. The molecule has 0 saturated carbocycles. The third-order valence-electron chi connectivity index (χ3n) is 5.77. The quantitative estimate of drug-likeness (QED) is 0.534. The Morgan fingerprint density at radius 3 is 2.67 bits per heavy atom. The van der Waals surface area contributed by atoms with Crippen LogP contribution in [-0.2, 0) is 37.2 Å². The summed E-state index contributed by atoms with van der Waals surface area (Å²) in [4.78, 5) is 31.7. The van der Waals surface area contributed by atoms with Gasteiger partial charge in [-0.3, -0.25) is 9.59 Å². The van der Waals surface area contributed by atoms with Gasteiger partial charge in [0.15, 0.2) is 0 Å². The molecular weight excluding hydrogens is 506 g/mol. The average molecular weight is 532 g/mol. The zero-order valence-corrected chi connectivity index (χ0v) is 21.1. The number of nitrogens with zero attached hydrogens (tertiary/aromatic N) is 2. The highest BCUT2D eigenvalue weighted by molar-refractivity contribution is 7.89. The van der Waals surface area contributed by atoms with E-state index in [0.29, 0.717) is 56.4 Å². The van der Waals surface area contributed by atoms with Crippen molar-refractivity contribution < 1.29 is 22.7 Å². The molecule has 1 N–H and O–H groups in total. The second kappa shape index (κ2) is 10.8. The predicted molar refractivity (Wildman–Crippen MR) is 129 cm³/mol. The van der Waals surface area contributed by atoms with Gasteiger partial charge in [-0.25, -0.2) is 13.1 Å². The van der Waals surface area contributed by atoms with Crippen LogP contribution in [0.15, 0.2) is 29.6 Å². The van der Waals surface area contributed by atoms with E-state index in [1.807, 2.05) is 17.5 Å². The minimum Gasteiger partial charge on any atom is -0.378 e. The summed E-state index contributed by atoms with van der Waals surface area (Å²) < 4.78 is 33.8. The van der Waals surface area contributed by atoms with Crippen molar-refractivity contribution in [2.45, 2.75) is 31.3 Å². The number of carbonyl (C=O) groups is 2. The maximum atomic E-state index is 13.3. The minimum absolute atomic E-state index is 0.113. The number of hydrogen-bond acceptors (Lipinski definition) is 7. The molecule has 180 valence electrons. The van der Waals surface area contributed by atoms with Crippen molar-refractivity contribution >= 4 is 56.1 Å². The fraction of sp³-hybridized carbons (Fsp3) is 0.524. The lowest BCUT2D eigenvalue weighted by molar-refractivity contribution is -0.146. The Morgan fingerprint density at radius 1 is 1.21 bits per heavy atom. The van der Waals surface area contributed by atoms with E-state index in [9.17, 15) is 18.0 Å². The number of aryl methyl sites for hydroxylation is 1. The molecule has 0 bridgehead atoms. The van der Waals surface area contributed by atoms with Gasteiger partial charge in [0.1, 0.15) is 12.1 Å². The second-order valence-corrected chi connectivity index (χ2v) is 12.7. The predicted octanol–water partition coefficient (Wildman–Crippen LogP) is 2.00. The highest BCUT2D eigenvalue weighted by atomic mass is 35.5.